The van der Waals surface area contributed by atoms with Crippen LogP contribution in [0.1, 0.15) is 26.7 Å². The minimum atomic E-state index is -1.00. The molecular weight excluding hydrogens is 144 g/mol. The Morgan fingerprint density at radius 3 is 2.82 bits per heavy atom. The molecular formula is C8H12O3. The molecule has 0 saturated heterocycles. The molecule has 1 heterocycles. The number of carbonyl (C=O) groups is 1. The Morgan fingerprint density at radius 2 is 2.45 bits per heavy atom. The number of aliphatic carboxylic acids is 1. The van der Waals surface area contributed by atoms with Crippen LogP contribution in [0, 0.1) is 0 Å². The van der Waals surface area contributed by atoms with Crippen molar-refractivity contribution < 1.29 is 14.6 Å². The molecule has 0 fully saturated rings. The summed E-state index contributed by atoms with van der Waals surface area (Å²) in [5.41, 5.74) is 0.100. The Labute approximate surface area is 65.7 Å². The summed E-state index contributed by atoms with van der Waals surface area (Å²) < 4.78 is 5.08. The van der Waals surface area contributed by atoms with Gasteiger partial charge in [0.15, 0.2) is 0 Å². The third-order valence-electron chi connectivity index (χ3n) is 1.97. The van der Waals surface area contributed by atoms with Gasteiger partial charge in [-0.05, 0) is 25.8 Å². The molecule has 0 amide bonds. The van der Waals surface area contributed by atoms with Gasteiger partial charge in [-0.25, -0.2) is 4.79 Å². The van der Waals surface area contributed by atoms with Crippen LogP contribution in [0.2, 0.25) is 0 Å². The Balaban J connectivity index is 2.71. The highest BCUT2D eigenvalue weighted by atomic mass is 16.5. The maximum Gasteiger partial charge on any atom is 0.347 e. The number of carboxylic acids is 1. The first kappa shape index (κ1) is 8.11. The molecule has 0 aliphatic carbocycles. The number of hydrogen-bond acceptors (Lipinski definition) is 2. The van der Waals surface area contributed by atoms with Crippen molar-refractivity contribution in [1.29, 1.82) is 0 Å². The second kappa shape index (κ2) is 2.57. The Kier molecular flexibility index (Phi) is 1.89. The summed E-state index contributed by atoms with van der Waals surface area (Å²) in [6.45, 7) is 3.53. The minimum absolute atomic E-state index is 0.560. The summed E-state index contributed by atoms with van der Waals surface area (Å²) in [7, 11) is 0. The van der Waals surface area contributed by atoms with E-state index in [2.05, 4.69) is 0 Å². The predicted molar refractivity (Wildman–Crippen MR) is 40.1 cm³/mol. The van der Waals surface area contributed by atoms with Gasteiger partial charge in [0, 0.05) is 6.42 Å². The summed E-state index contributed by atoms with van der Waals surface area (Å²) in [6, 6.07) is 0. The van der Waals surface area contributed by atoms with Crippen LogP contribution in [-0.4, -0.2) is 16.7 Å². The first-order valence-electron chi connectivity index (χ1n) is 3.61. The molecule has 3 nitrogen and oxygen atoms in total. The van der Waals surface area contributed by atoms with Crippen molar-refractivity contribution >= 4 is 5.97 Å². The summed E-state index contributed by atoms with van der Waals surface area (Å²) in [5.74, 6) is -0.888. The van der Waals surface area contributed by atoms with Gasteiger partial charge in [0.2, 0.25) is 5.60 Å². The largest absolute Gasteiger partial charge is 0.484 e. The van der Waals surface area contributed by atoms with Crippen LogP contribution in [-0.2, 0) is 9.53 Å². The quantitative estimate of drug-likeness (QED) is 0.626. The van der Waals surface area contributed by atoms with Crippen LogP contribution in [0.25, 0.3) is 0 Å². The van der Waals surface area contributed by atoms with E-state index in [0.717, 1.165) is 12.0 Å². The molecule has 0 aromatic carbocycles. The van der Waals surface area contributed by atoms with E-state index in [1.54, 1.807) is 6.92 Å². The molecule has 1 rings (SSSR count). The molecule has 0 radical (unpaired) electrons. The number of allylic oxidation sites excluding steroid dienone is 1. The fraction of sp³-hybridized carbons (Fsp3) is 0.625. The topological polar surface area (TPSA) is 46.5 Å². The molecule has 0 bridgehead atoms. The highest BCUT2D eigenvalue weighted by molar-refractivity contribution is 5.77. The fourth-order valence-electron chi connectivity index (χ4n) is 0.942. The number of ether oxygens (including phenoxy) is 1. The second-order valence-electron chi connectivity index (χ2n) is 3.12. The van der Waals surface area contributed by atoms with E-state index in [9.17, 15) is 4.79 Å². The smallest absolute Gasteiger partial charge is 0.347 e. The highest BCUT2D eigenvalue weighted by Crippen LogP contribution is 2.26. The van der Waals surface area contributed by atoms with Crippen LogP contribution in [0.4, 0.5) is 0 Å². The summed E-state index contributed by atoms with van der Waals surface area (Å²) in [5, 5.41) is 8.73. The molecule has 0 aromatic rings. The average Bonchev–Trinajstić information content (AvgIpc) is 1.95. The molecule has 0 aromatic heterocycles. The summed E-state index contributed by atoms with van der Waals surface area (Å²) >= 11 is 0. The first-order chi connectivity index (χ1) is 5.04. The lowest BCUT2D eigenvalue weighted by Crippen LogP contribution is -2.38. The molecule has 1 aliphatic rings. The van der Waals surface area contributed by atoms with Crippen molar-refractivity contribution in [3.8, 4) is 0 Å². The van der Waals surface area contributed by atoms with Gasteiger partial charge in [0.05, 0.1) is 6.26 Å². The Hall–Kier alpha value is -0.990. The van der Waals surface area contributed by atoms with E-state index >= 15 is 0 Å². The van der Waals surface area contributed by atoms with E-state index in [-0.39, 0.29) is 0 Å². The highest BCUT2D eigenvalue weighted by Gasteiger charge is 2.35. The van der Waals surface area contributed by atoms with Gasteiger partial charge in [0.25, 0.3) is 0 Å². The average molecular weight is 156 g/mol. The lowest BCUT2D eigenvalue weighted by atomic mass is 9.95. The van der Waals surface area contributed by atoms with Gasteiger partial charge >= 0.3 is 5.97 Å². The maximum atomic E-state index is 10.6. The Bertz CT molecular complexity index is 207. The fourth-order valence-corrected chi connectivity index (χ4v) is 0.942. The van der Waals surface area contributed by atoms with Gasteiger partial charge in [-0.15, -0.1) is 0 Å². The molecule has 11 heavy (non-hydrogen) atoms. The first-order valence-corrected chi connectivity index (χ1v) is 3.61. The van der Waals surface area contributed by atoms with Crippen LogP contribution in [0.5, 0.6) is 0 Å². The molecule has 0 spiro atoms. The maximum absolute atomic E-state index is 10.6. The van der Waals surface area contributed by atoms with E-state index in [0.29, 0.717) is 6.42 Å². The van der Waals surface area contributed by atoms with Gasteiger partial charge in [-0.3, -0.25) is 0 Å². The van der Waals surface area contributed by atoms with Crippen molar-refractivity contribution in [2.24, 2.45) is 0 Å². The zero-order chi connectivity index (χ0) is 8.48. The molecule has 3 heteroatoms. The third-order valence-corrected chi connectivity index (χ3v) is 1.97. The van der Waals surface area contributed by atoms with E-state index in [1.807, 2.05) is 6.92 Å². The third kappa shape index (κ3) is 1.53. The van der Waals surface area contributed by atoms with Crippen molar-refractivity contribution in [2.45, 2.75) is 32.3 Å². The van der Waals surface area contributed by atoms with Gasteiger partial charge in [0.1, 0.15) is 0 Å². The SMILES string of the molecule is CC1=CO[C@](C)(C(=O)O)CC1. The standard InChI is InChI=1S/C8H12O3/c1-6-3-4-8(2,7(9)10)11-5-6/h5H,3-4H2,1-2H3,(H,9,10)/t8-/m0/s1. The van der Waals surface area contributed by atoms with Crippen LogP contribution in [0.15, 0.2) is 11.8 Å². The van der Waals surface area contributed by atoms with E-state index in [4.69, 9.17) is 9.84 Å². The molecule has 1 N–H and O–H groups in total. The lowest BCUT2D eigenvalue weighted by Gasteiger charge is -2.28. The van der Waals surface area contributed by atoms with Crippen molar-refractivity contribution in [3.05, 3.63) is 11.8 Å². The summed E-state index contributed by atoms with van der Waals surface area (Å²) in [6.07, 6.45) is 2.91. The number of hydrogen-bond donors (Lipinski definition) is 1. The van der Waals surface area contributed by atoms with Crippen LogP contribution < -0.4 is 0 Å². The van der Waals surface area contributed by atoms with Crippen LogP contribution >= 0.6 is 0 Å². The zero-order valence-electron chi connectivity index (χ0n) is 6.76. The van der Waals surface area contributed by atoms with Crippen molar-refractivity contribution in [3.63, 3.8) is 0 Å². The van der Waals surface area contributed by atoms with E-state index in [1.165, 1.54) is 6.26 Å². The molecule has 0 saturated carbocycles. The predicted octanol–water partition coefficient (Wildman–Crippen LogP) is 1.54. The monoisotopic (exact) mass is 156 g/mol. The minimum Gasteiger partial charge on any atom is -0.484 e. The number of rotatable bonds is 1. The molecule has 62 valence electrons. The molecule has 1 aliphatic heterocycles. The summed E-state index contributed by atoms with van der Waals surface area (Å²) in [4.78, 5) is 10.6. The van der Waals surface area contributed by atoms with Crippen molar-refractivity contribution in [2.75, 3.05) is 0 Å². The Morgan fingerprint density at radius 1 is 1.82 bits per heavy atom. The molecule has 1 atom stereocenters. The van der Waals surface area contributed by atoms with Crippen molar-refractivity contribution in [1.82, 2.24) is 0 Å². The van der Waals surface area contributed by atoms with Gasteiger partial charge in [-0.2, -0.15) is 0 Å². The van der Waals surface area contributed by atoms with E-state index < -0.39 is 11.6 Å². The zero-order valence-corrected chi connectivity index (χ0v) is 6.76. The van der Waals surface area contributed by atoms with Gasteiger partial charge in [-0.1, -0.05) is 0 Å². The molecule has 0 unspecified atom stereocenters. The second-order valence-corrected chi connectivity index (χ2v) is 3.12. The lowest BCUT2D eigenvalue weighted by molar-refractivity contribution is -0.159. The van der Waals surface area contributed by atoms with Gasteiger partial charge < -0.3 is 9.84 Å². The normalized spacial score (nSPS) is 30.5. The van der Waals surface area contributed by atoms with Crippen LogP contribution in [0.3, 0.4) is 0 Å². The number of carboxylic acid groups (broad SMARTS) is 1.